The van der Waals surface area contributed by atoms with Crippen molar-refractivity contribution in [3.8, 4) is 0 Å². The lowest BCUT2D eigenvalue weighted by molar-refractivity contribution is -0.144. The highest BCUT2D eigenvalue weighted by atomic mass is 16.6. The third-order valence-electron chi connectivity index (χ3n) is 15.9. The molecule has 0 spiro atoms. The predicted molar refractivity (Wildman–Crippen MR) is 263 cm³/mol. The zero-order chi connectivity index (χ0) is 50.0. The fourth-order valence-corrected chi connectivity index (χ4v) is 10.1. The van der Waals surface area contributed by atoms with Gasteiger partial charge in [0.15, 0.2) is 0 Å². The van der Waals surface area contributed by atoms with Crippen LogP contribution in [0.2, 0.25) is 0 Å². The highest BCUT2D eigenvalue weighted by Crippen LogP contribution is 2.42. The molecule has 0 aromatic heterocycles. The van der Waals surface area contributed by atoms with Crippen LogP contribution in [0.1, 0.15) is 80.4 Å². The van der Waals surface area contributed by atoms with Gasteiger partial charge in [0.05, 0.1) is 51.8 Å². The smallest absolute Gasteiger partial charge is 0.333 e. The monoisotopic (exact) mass is 939 g/mol. The Labute approximate surface area is 405 Å². The number of amides is 2. The number of benzene rings is 2. The van der Waals surface area contributed by atoms with Crippen molar-refractivity contribution in [3.63, 3.8) is 0 Å². The van der Waals surface area contributed by atoms with Crippen molar-refractivity contribution in [2.24, 2.45) is 59.2 Å². The van der Waals surface area contributed by atoms with Gasteiger partial charge < -0.3 is 39.1 Å². The van der Waals surface area contributed by atoms with E-state index in [-0.39, 0.29) is 107 Å². The highest BCUT2D eigenvalue weighted by Gasteiger charge is 2.45. The molecule has 0 bridgehead atoms. The number of ether oxygens (including phenoxy) is 6. The van der Waals surface area contributed by atoms with Gasteiger partial charge in [0.2, 0.25) is 11.8 Å². The molecule has 16 atom stereocenters. The zero-order valence-corrected chi connectivity index (χ0v) is 42.8. The highest BCUT2D eigenvalue weighted by molar-refractivity contribution is 5.94. The van der Waals surface area contributed by atoms with Crippen molar-refractivity contribution in [3.05, 3.63) is 118 Å². The van der Waals surface area contributed by atoms with E-state index in [4.69, 9.17) is 28.4 Å². The summed E-state index contributed by atoms with van der Waals surface area (Å²) in [6, 6.07) is 19.9. The summed E-state index contributed by atoms with van der Waals surface area (Å²) in [4.78, 5) is 50.0. The minimum atomic E-state index is -0.417. The maximum atomic E-state index is 12.5. The number of carbonyl (C=O) groups is 4. The molecule has 0 heterocycles. The van der Waals surface area contributed by atoms with Crippen LogP contribution in [0, 0.1) is 59.2 Å². The fraction of sp³-hybridized carbons (Fsp3) is 0.571. The number of methoxy groups -OCH3 is 2. The van der Waals surface area contributed by atoms with Crippen molar-refractivity contribution in [2.75, 3.05) is 28.3 Å². The molecule has 2 aromatic carbocycles. The normalized spacial score (nSPS) is 33.5. The van der Waals surface area contributed by atoms with E-state index in [9.17, 15) is 19.2 Å². The minimum Gasteiger partial charge on any atom is -0.466 e. The standard InChI is InChI=1S/2C28H39NO5/c2*1-16-17(2)22(27(30)29-6)13-24(19(16)4)34-26-20(5)18(3)23(28(31)32-7)14-25(26)33-15-21-11-9-8-10-12-21/h2*8-14,16-20,24-26H,15H2,1-7H3,(H,29,30)/t2*16-,17+,18+,19+,20-,24+,25+,26+/m11/s1. The molecule has 68 heavy (non-hydrogen) atoms. The molecule has 6 rings (SSSR count). The maximum absolute atomic E-state index is 12.5. The first-order valence-corrected chi connectivity index (χ1v) is 24.5. The molecule has 0 saturated heterocycles. The van der Waals surface area contributed by atoms with Crippen LogP contribution in [0.3, 0.4) is 0 Å². The summed E-state index contributed by atoms with van der Waals surface area (Å²) in [7, 11) is 6.12. The third kappa shape index (κ3) is 12.5. The molecule has 0 saturated carbocycles. The van der Waals surface area contributed by atoms with Crippen LogP contribution < -0.4 is 10.6 Å². The van der Waals surface area contributed by atoms with E-state index >= 15 is 0 Å². The van der Waals surface area contributed by atoms with E-state index in [0.717, 1.165) is 22.3 Å². The van der Waals surface area contributed by atoms with Crippen molar-refractivity contribution >= 4 is 23.8 Å². The molecule has 0 aliphatic heterocycles. The first-order chi connectivity index (χ1) is 32.4. The maximum Gasteiger partial charge on any atom is 0.333 e. The number of carbonyl (C=O) groups excluding carboxylic acids is 4. The molecule has 12 heteroatoms. The van der Waals surface area contributed by atoms with Crippen LogP contribution in [0.5, 0.6) is 0 Å². The average Bonchev–Trinajstić information content (AvgIpc) is 3.35. The summed E-state index contributed by atoms with van der Waals surface area (Å²) < 4.78 is 36.3. The van der Waals surface area contributed by atoms with Gasteiger partial charge in [0.1, 0.15) is 12.2 Å². The predicted octanol–water partition coefficient (Wildman–Crippen LogP) is 8.61. The second-order valence-corrected chi connectivity index (χ2v) is 19.6. The Morgan fingerprint density at radius 2 is 0.735 bits per heavy atom. The zero-order valence-electron chi connectivity index (χ0n) is 42.8. The first kappa shape index (κ1) is 54.1. The summed E-state index contributed by atoms with van der Waals surface area (Å²) in [6.45, 7) is 21.9. The number of likely N-dealkylation sites (N-methyl/N-ethyl adjacent to an activating group) is 2. The van der Waals surface area contributed by atoms with Gasteiger partial charge in [-0.25, -0.2) is 9.59 Å². The van der Waals surface area contributed by atoms with Crippen LogP contribution >= 0.6 is 0 Å². The topological polar surface area (TPSA) is 148 Å². The van der Waals surface area contributed by atoms with Crippen LogP contribution in [-0.4, -0.2) is 88.7 Å². The quantitative estimate of drug-likeness (QED) is 0.177. The number of hydrogen-bond donors (Lipinski definition) is 2. The molecule has 12 nitrogen and oxygen atoms in total. The van der Waals surface area contributed by atoms with Gasteiger partial charge in [-0.05, 0) is 94.6 Å². The van der Waals surface area contributed by atoms with Gasteiger partial charge in [-0.3, -0.25) is 9.59 Å². The molecule has 2 N–H and O–H groups in total. The number of hydrogen-bond acceptors (Lipinski definition) is 10. The molecule has 372 valence electrons. The van der Waals surface area contributed by atoms with Gasteiger partial charge in [0.25, 0.3) is 0 Å². The van der Waals surface area contributed by atoms with E-state index in [1.54, 1.807) is 14.1 Å². The van der Waals surface area contributed by atoms with Gasteiger partial charge in [0, 0.05) is 36.4 Å². The lowest BCUT2D eigenvalue weighted by Crippen LogP contribution is -2.48. The van der Waals surface area contributed by atoms with E-state index in [1.165, 1.54) is 14.2 Å². The molecule has 0 unspecified atom stereocenters. The second-order valence-electron chi connectivity index (χ2n) is 19.6. The summed E-state index contributed by atoms with van der Waals surface area (Å²) in [5.74, 6) is 0.454. The summed E-state index contributed by atoms with van der Waals surface area (Å²) in [6.07, 6.45) is 5.87. The summed E-state index contributed by atoms with van der Waals surface area (Å²) in [5, 5.41) is 5.53. The van der Waals surface area contributed by atoms with E-state index < -0.39 is 12.2 Å². The van der Waals surface area contributed by atoms with Crippen LogP contribution in [0.4, 0.5) is 0 Å². The summed E-state index contributed by atoms with van der Waals surface area (Å²) in [5.41, 5.74) is 4.87. The molecule has 0 fully saturated rings. The van der Waals surface area contributed by atoms with Crippen molar-refractivity contribution in [1.82, 2.24) is 10.6 Å². The van der Waals surface area contributed by atoms with E-state index in [0.29, 0.717) is 24.4 Å². The van der Waals surface area contributed by atoms with Crippen molar-refractivity contribution in [1.29, 1.82) is 0 Å². The molecule has 2 amide bonds. The lowest BCUT2D eigenvalue weighted by atomic mass is 9.72. The van der Waals surface area contributed by atoms with Gasteiger partial charge >= 0.3 is 11.9 Å². The molecular formula is C56H78N2O10. The Balaban J connectivity index is 0.000000254. The summed E-state index contributed by atoms with van der Waals surface area (Å²) >= 11 is 0. The average molecular weight is 939 g/mol. The molecule has 4 aliphatic carbocycles. The molecule has 0 radical (unpaired) electrons. The van der Waals surface area contributed by atoms with Gasteiger partial charge in [-0.15, -0.1) is 0 Å². The SMILES string of the molecule is CNC(=O)C1=C[C@H](O[C@H]2[C@H](C)[C@H](C)C(C(=O)OC)=C[C@@H]2OCc2ccccc2)[C@@H](C)[C@H](C)[C@@H]1C.CNC(=O)C1=C[C@H](O[C@H]2[C@H](C)[C@H](C)C(C(=O)OC)=C[C@@H]2OCc2ccccc2)[C@@H](C)[C@H](C)[C@@H]1C. The van der Waals surface area contributed by atoms with E-state index in [1.807, 2.05) is 98.8 Å². The Morgan fingerprint density at radius 1 is 0.426 bits per heavy atom. The largest absolute Gasteiger partial charge is 0.466 e. The van der Waals surface area contributed by atoms with Crippen LogP contribution in [-0.2, 0) is 60.8 Å². The van der Waals surface area contributed by atoms with Gasteiger partial charge in [-0.2, -0.15) is 0 Å². The molecular weight excluding hydrogens is 861 g/mol. The Kier molecular flexibility index (Phi) is 19.6. The van der Waals surface area contributed by atoms with Crippen LogP contribution in [0.15, 0.2) is 107 Å². The minimum absolute atomic E-state index is 0.0126. The Morgan fingerprint density at radius 3 is 1.04 bits per heavy atom. The molecule has 4 aliphatic rings. The molecule has 2 aromatic rings. The number of nitrogens with one attached hydrogen (secondary N) is 2. The Hall–Kier alpha value is -4.88. The van der Waals surface area contributed by atoms with Gasteiger partial charge in [-0.1, -0.05) is 130 Å². The van der Waals surface area contributed by atoms with E-state index in [2.05, 4.69) is 66.0 Å². The lowest BCUT2D eigenvalue weighted by Gasteiger charge is -2.43. The second kappa shape index (κ2) is 24.6. The first-order valence-electron chi connectivity index (χ1n) is 24.5. The number of rotatable bonds is 14. The third-order valence-corrected chi connectivity index (χ3v) is 15.9. The van der Waals surface area contributed by atoms with Crippen LogP contribution in [0.25, 0.3) is 0 Å². The fourth-order valence-electron chi connectivity index (χ4n) is 10.1. The van der Waals surface area contributed by atoms with Crippen molar-refractivity contribution < 1.29 is 47.6 Å². The Bertz CT molecular complexity index is 2000. The number of esters is 2. The van der Waals surface area contributed by atoms with Crippen molar-refractivity contribution in [2.45, 2.75) is 119 Å².